The van der Waals surface area contributed by atoms with Gasteiger partial charge >= 0.3 is 5.69 Å². The number of fused-ring (bicyclic) bond motifs is 2. The van der Waals surface area contributed by atoms with Crippen LogP contribution in [-0.2, 0) is 23.1 Å². The summed E-state index contributed by atoms with van der Waals surface area (Å²) in [7, 11) is 1.77. The molecule has 3 aromatic heterocycles. The molecule has 5 heterocycles. The number of amides is 3. The van der Waals surface area contributed by atoms with Gasteiger partial charge in [-0.2, -0.15) is 5.10 Å². The Kier molecular flexibility index (Phi) is 10.2. The highest BCUT2D eigenvalue weighted by Gasteiger charge is 2.45. The Bertz CT molecular complexity index is 2420. The number of hydrogen-bond donors (Lipinski definition) is 2. The first-order chi connectivity index (χ1) is 28.0. The Labute approximate surface area is 335 Å². The first-order valence-corrected chi connectivity index (χ1v) is 20.8. The minimum absolute atomic E-state index is 0.0746. The zero-order valence-electron chi connectivity index (χ0n) is 32.8. The molecule has 14 heteroatoms. The number of alkyl halides is 2. The molecule has 4 aliphatic rings. The smallest absolute Gasteiger partial charge is 0.320 e. The second-order valence-electron chi connectivity index (χ2n) is 17.3. The van der Waals surface area contributed by atoms with Crippen molar-refractivity contribution < 1.29 is 23.2 Å². The molecular weight excluding hydrogens is 743 g/mol. The van der Waals surface area contributed by atoms with Crippen molar-refractivity contribution in [2.75, 3.05) is 25.0 Å². The number of benzene rings is 2. The van der Waals surface area contributed by atoms with Crippen LogP contribution in [0.2, 0.25) is 0 Å². The van der Waals surface area contributed by atoms with Gasteiger partial charge in [-0.3, -0.25) is 38.5 Å². The third-order valence-electron chi connectivity index (χ3n) is 13.7. The van der Waals surface area contributed by atoms with Gasteiger partial charge in [0, 0.05) is 43.4 Å². The Hall–Kier alpha value is -5.24. The zero-order valence-corrected chi connectivity index (χ0v) is 32.8. The van der Waals surface area contributed by atoms with Gasteiger partial charge in [-0.05, 0) is 137 Å². The highest BCUT2D eigenvalue weighted by atomic mass is 19.3. The van der Waals surface area contributed by atoms with Gasteiger partial charge in [-0.25, -0.2) is 13.6 Å². The summed E-state index contributed by atoms with van der Waals surface area (Å²) in [6.07, 6.45) is 12.4. The van der Waals surface area contributed by atoms with Crippen LogP contribution in [0, 0.1) is 17.3 Å². The van der Waals surface area contributed by atoms with Crippen LogP contribution < -0.4 is 16.3 Å². The SMILES string of the molecule is Cn1c(=O)n(C2CCC(=O)NC2=O)c2cccc(CCC3CC4(CCN(C[C@H]5CC[C@H](n6cc7cc(NC(=O)c8ccccn8)c(C(F)F)cc7n6)CC5)CC4)C3)c21. The first-order valence-electron chi connectivity index (χ1n) is 20.8. The Morgan fingerprint density at radius 3 is 2.50 bits per heavy atom. The first kappa shape index (κ1) is 38.3. The van der Waals surface area contributed by atoms with Gasteiger partial charge in [0.25, 0.3) is 12.3 Å². The Balaban J connectivity index is 0.748. The number of para-hydroxylation sites is 1. The molecule has 2 saturated heterocycles. The summed E-state index contributed by atoms with van der Waals surface area (Å²) in [5.74, 6) is 0.0660. The van der Waals surface area contributed by atoms with Gasteiger partial charge in [-0.1, -0.05) is 18.2 Å². The minimum atomic E-state index is -2.76. The molecule has 4 fully saturated rings. The molecule has 3 amide bonds. The molecule has 5 aromatic rings. The number of carbonyl (C=O) groups excluding carboxylic acids is 3. The average Bonchev–Trinajstić information content (AvgIpc) is 3.74. The molecule has 1 spiro atoms. The maximum absolute atomic E-state index is 14.1. The van der Waals surface area contributed by atoms with Gasteiger partial charge < -0.3 is 10.2 Å². The number of hydrogen-bond acceptors (Lipinski definition) is 7. The van der Waals surface area contributed by atoms with Crippen LogP contribution in [-0.4, -0.2) is 66.2 Å². The molecule has 304 valence electrons. The average molecular weight is 793 g/mol. The molecule has 0 radical (unpaired) electrons. The lowest BCUT2D eigenvalue weighted by atomic mass is 9.56. The molecule has 9 rings (SSSR count). The van der Waals surface area contributed by atoms with Crippen molar-refractivity contribution in [3.8, 4) is 0 Å². The fourth-order valence-corrected chi connectivity index (χ4v) is 10.5. The zero-order chi connectivity index (χ0) is 40.1. The summed E-state index contributed by atoms with van der Waals surface area (Å²) < 4.78 is 33.3. The van der Waals surface area contributed by atoms with Crippen molar-refractivity contribution in [2.24, 2.45) is 24.3 Å². The van der Waals surface area contributed by atoms with Crippen molar-refractivity contribution >= 4 is 45.3 Å². The van der Waals surface area contributed by atoms with E-state index < -0.39 is 24.3 Å². The second kappa shape index (κ2) is 15.5. The number of halogens is 2. The summed E-state index contributed by atoms with van der Waals surface area (Å²) in [4.78, 5) is 57.2. The van der Waals surface area contributed by atoms with Crippen molar-refractivity contribution in [1.82, 2.24) is 34.1 Å². The lowest BCUT2D eigenvalue weighted by molar-refractivity contribution is -0.135. The molecule has 2 aromatic carbocycles. The molecule has 1 unspecified atom stereocenters. The van der Waals surface area contributed by atoms with Crippen LogP contribution in [0.5, 0.6) is 0 Å². The summed E-state index contributed by atoms with van der Waals surface area (Å²) in [5.41, 5.74) is 3.47. The van der Waals surface area contributed by atoms with Gasteiger partial charge in [-0.15, -0.1) is 0 Å². The van der Waals surface area contributed by atoms with E-state index >= 15 is 0 Å². The third-order valence-corrected chi connectivity index (χ3v) is 13.7. The number of piperidine rings is 2. The second-order valence-corrected chi connectivity index (χ2v) is 17.3. The van der Waals surface area contributed by atoms with Crippen molar-refractivity contribution in [3.05, 3.63) is 88.2 Å². The summed E-state index contributed by atoms with van der Waals surface area (Å²) in [6, 6.07) is 13.4. The van der Waals surface area contributed by atoms with E-state index in [0.717, 1.165) is 80.1 Å². The standard InChI is InChI=1S/C44H50F2N8O4/c1-51-39-29(5-4-7-36(39)54(43(51)58)37-14-15-38(55)49-42(37)57)11-8-28-23-44(24-28)16-19-52(20-17-44)25-27-9-12-31(13-10-27)53-26-30-21-35(32(40(45)46)22-34(30)50-53)48-41(56)33-6-2-3-18-47-33/h2-7,18,21-22,26-28,31,37,40H,8-17,19-20,23-25H2,1H3,(H,48,56)(H,49,55,57)/t27-,31-,37?. The molecule has 2 saturated carbocycles. The van der Waals surface area contributed by atoms with Crippen LogP contribution in [0.25, 0.3) is 21.9 Å². The summed E-state index contributed by atoms with van der Waals surface area (Å²) in [6.45, 7) is 3.39. The van der Waals surface area contributed by atoms with Crippen molar-refractivity contribution in [3.63, 3.8) is 0 Å². The number of carbonyl (C=O) groups is 3. The molecule has 58 heavy (non-hydrogen) atoms. The Morgan fingerprint density at radius 2 is 1.78 bits per heavy atom. The van der Waals surface area contributed by atoms with Crippen LogP contribution in [0.4, 0.5) is 14.5 Å². The number of imide groups is 1. The van der Waals surface area contributed by atoms with Gasteiger partial charge in [0.1, 0.15) is 11.7 Å². The van der Waals surface area contributed by atoms with Crippen molar-refractivity contribution in [1.29, 1.82) is 0 Å². The van der Waals surface area contributed by atoms with Crippen molar-refractivity contribution in [2.45, 2.75) is 95.6 Å². The van der Waals surface area contributed by atoms with Crippen LogP contribution in [0.15, 0.2) is 65.7 Å². The molecule has 2 aliphatic carbocycles. The van der Waals surface area contributed by atoms with E-state index in [4.69, 9.17) is 5.10 Å². The monoisotopic (exact) mass is 792 g/mol. The number of anilines is 1. The lowest BCUT2D eigenvalue weighted by Crippen LogP contribution is -2.48. The van der Waals surface area contributed by atoms with E-state index in [1.807, 2.05) is 23.0 Å². The number of aromatic nitrogens is 5. The van der Waals surface area contributed by atoms with E-state index in [9.17, 15) is 28.0 Å². The number of likely N-dealkylation sites (tertiary alicyclic amines) is 1. The Morgan fingerprint density at radius 1 is 0.983 bits per heavy atom. The molecule has 2 N–H and O–H groups in total. The molecule has 1 atom stereocenters. The van der Waals surface area contributed by atoms with Crippen LogP contribution >= 0.6 is 0 Å². The number of imidazole rings is 1. The third kappa shape index (κ3) is 7.35. The quantitative estimate of drug-likeness (QED) is 0.144. The van der Waals surface area contributed by atoms with E-state index in [1.54, 1.807) is 40.4 Å². The maximum atomic E-state index is 14.1. The van der Waals surface area contributed by atoms with E-state index in [0.29, 0.717) is 29.2 Å². The largest absolute Gasteiger partial charge is 0.329 e. The predicted octanol–water partition coefficient (Wildman–Crippen LogP) is 7.11. The molecular formula is C44H50F2N8O4. The topological polar surface area (TPSA) is 136 Å². The fourth-order valence-electron chi connectivity index (χ4n) is 10.5. The number of nitrogens with one attached hydrogen (secondary N) is 2. The van der Waals surface area contributed by atoms with Crippen LogP contribution in [0.1, 0.15) is 111 Å². The van der Waals surface area contributed by atoms with Gasteiger partial charge in [0.05, 0.1) is 28.3 Å². The minimum Gasteiger partial charge on any atom is -0.320 e. The molecule has 0 bridgehead atoms. The normalized spacial score (nSPS) is 22.8. The predicted molar refractivity (Wildman–Crippen MR) is 216 cm³/mol. The van der Waals surface area contributed by atoms with Gasteiger partial charge in [0.15, 0.2) is 0 Å². The van der Waals surface area contributed by atoms with E-state index in [-0.39, 0.29) is 41.0 Å². The summed E-state index contributed by atoms with van der Waals surface area (Å²) in [5, 5.41) is 10.5. The van der Waals surface area contributed by atoms with Gasteiger partial charge in [0.2, 0.25) is 11.8 Å². The number of nitrogens with zero attached hydrogens (tertiary/aromatic N) is 6. The van der Waals surface area contributed by atoms with E-state index in [2.05, 4.69) is 26.6 Å². The molecule has 2 aliphatic heterocycles. The highest BCUT2D eigenvalue weighted by Crippen LogP contribution is 2.54. The molecule has 12 nitrogen and oxygen atoms in total. The number of aryl methyl sites for hydroxylation is 2. The van der Waals surface area contributed by atoms with Crippen LogP contribution in [0.3, 0.4) is 0 Å². The maximum Gasteiger partial charge on any atom is 0.329 e. The lowest BCUT2D eigenvalue weighted by Gasteiger charge is -2.53. The number of pyridine rings is 1. The van der Waals surface area contributed by atoms with E-state index in [1.165, 1.54) is 37.9 Å². The fraction of sp³-hybridized carbons (Fsp3) is 0.500. The number of rotatable bonds is 10. The highest BCUT2D eigenvalue weighted by molar-refractivity contribution is 6.04. The summed E-state index contributed by atoms with van der Waals surface area (Å²) >= 11 is 0.